The molecule has 1 saturated heterocycles. The van der Waals surface area contributed by atoms with E-state index in [9.17, 15) is 4.79 Å². The topological polar surface area (TPSA) is 58.1 Å². The van der Waals surface area contributed by atoms with Gasteiger partial charge < -0.3 is 10.2 Å². The van der Waals surface area contributed by atoms with Crippen molar-refractivity contribution in [3.8, 4) is 0 Å². The molecule has 0 spiro atoms. The highest BCUT2D eigenvalue weighted by Gasteiger charge is 2.22. The largest absolute Gasteiger partial charge is 0.352 e. The summed E-state index contributed by atoms with van der Waals surface area (Å²) in [6, 6.07) is 5.93. The molecule has 6 heteroatoms. The van der Waals surface area contributed by atoms with Crippen LogP contribution in [0.25, 0.3) is 0 Å². The lowest BCUT2D eigenvalue weighted by molar-refractivity contribution is 0.102. The molecule has 0 saturated carbocycles. The zero-order valence-electron chi connectivity index (χ0n) is 14.6. The molecule has 0 aliphatic carbocycles. The quantitative estimate of drug-likeness (QED) is 0.876. The molecular weight excluding hydrogens is 336 g/mol. The van der Waals surface area contributed by atoms with Crippen molar-refractivity contribution in [1.82, 2.24) is 9.97 Å². The molecule has 1 aromatic heterocycles. The number of nitrogens with zero attached hydrogens (tertiary/aromatic N) is 3. The number of anilines is 2. The van der Waals surface area contributed by atoms with E-state index in [2.05, 4.69) is 27.1 Å². The Morgan fingerprint density at radius 2 is 2.16 bits per heavy atom. The number of nitrogens with one attached hydrogen (secondary N) is 1. The fourth-order valence-electron chi connectivity index (χ4n) is 3.18. The second kappa shape index (κ2) is 7.83. The Balaban J connectivity index is 1.70. The van der Waals surface area contributed by atoms with Gasteiger partial charge in [0.05, 0.1) is 12.4 Å². The summed E-state index contributed by atoms with van der Waals surface area (Å²) in [7, 11) is 0. The number of hydrogen-bond donors (Lipinski definition) is 1. The van der Waals surface area contributed by atoms with Crippen LogP contribution in [0.4, 0.5) is 11.5 Å². The molecular formula is C19H23ClN4O. The minimum atomic E-state index is -0.287. The van der Waals surface area contributed by atoms with E-state index >= 15 is 0 Å². The van der Waals surface area contributed by atoms with Crippen molar-refractivity contribution in [2.75, 3.05) is 16.8 Å². The van der Waals surface area contributed by atoms with Crippen LogP contribution < -0.4 is 10.2 Å². The maximum atomic E-state index is 12.3. The summed E-state index contributed by atoms with van der Waals surface area (Å²) in [5.74, 6) is 0.561. The van der Waals surface area contributed by atoms with Gasteiger partial charge in [0.1, 0.15) is 11.5 Å². The van der Waals surface area contributed by atoms with E-state index in [4.69, 9.17) is 11.6 Å². The first-order valence-electron chi connectivity index (χ1n) is 8.74. The molecule has 0 radical (unpaired) electrons. The van der Waals surface area contributed by atoms with Gasteiger partial charge in [-0.15, -0.1) is 0 Å². The highest BCUT2D eigenvalue weighted by molar-refractivity contribution is 6.31. The van der Waals surface area contributed by atoms with Crippen molar-refractivity contribution in [1.29, 1.82) is 0 Å². The molecule has 1 fully saturated rings. The van der Waals surface area contributed by atoms with Gasteiger partial charge in [-0.25, -0.2) is 9.97 Å². The Morgan fingerprint density at radius 1 is 1.32 bits per heavy atom. The molecule has 132 valence electrons. The molecule has 5 nitrogen and oxygen atoms in total. The lowest BCUT2D eigenvalue weighted by atomic mass is 10.0. The Hall–Kier alpha value is -2.14. The van der Waals surface area contributed by atoms with Gasteiger partial charge in [0, 0.05) is 23.3 Å². The van der Waals surface area contributed by atoms with Gasteiger partial charge in [-0.3, -0.25) is 4.79 Å². The number of aryl methyl sites for hydroxylation is 1. The van der Waals surface area contributed by atoms with E-state index in [1.54, 1.807) is 18.5 Å². The molecule has 3 rings (SSSR count). The normalized spacial score (nSPS) is 17.4. The number of carbonyl (C=O) groups excluding carboxylic acids is 1. The predicted octanol–water partition coefficient (Wildman–Crippen LogP) is 4.46. The van der Waals surface area contributed by atoms with Gasteiger partial charge in [0.25, 0.3) is 5.91 Å². The third-order valence-corrected chi connectivity index (χ3v) is 5.10. The molecule has 1 aliphatic heterocycles. The Kier molecular flexibility index (Phi) is 5.53. The van der Waals surface area contributed by atoms with Crippen molar-refractivity contribution in [3.63, 3.8) is 0 Å². The zero-order valence-corrected chi connectivity index (χ0v) is 15.4. The van der Waals surface area contributed by atoms with Gasteiger partial charge in [-0.2, -0.15) is 0 Å². The van der Waals surface area contributed by atoms with Crippen LogP contribution in [-0.4, -0.2) is 28.5 Å². The Morgan fingerprint density at radius 3 is 2.84 bits per heavy atom. The summed E-state index contributed by atoms with van der Waals surface area (Å²) in [6.07, 6.45) is 7.97. The Bertz CT molecular complexity index is 748. The standard InChI is InChI=1S/C19H23ClN4O/c1-3-15-6-4-5-9-24(15)18-12-21-17(11-22-18)19(25)23-14-8-7-13(2)16(20)10-14/h7-8,10-12,15H,3-6,9H2,1-2H3,(H,23,25). The molecule has 1 atom stereocenters. The van der Waals surface area contributed by atoms with E-state index in [0.29, 0.717) is 22.4 Å². The van der Waals surface area contributed by atoms with E-state index < -0.39 is 0 Å². The molecule has 2 aromatic rings. The summed E-state index contributed by atoms with van der Waals surface area (Å²) in [4.78, 5) is 23.4. The van der Waals surface area contributed by atoms with Gasteiger partial charge in [0.2, 0.25) is 0 Å². The van der Waals surface area contributed by atoms with Crippen LogP contribution in [0.15, 0.2) is 30.6 Å². The van der Waals surface area contributed by atoms with Crippen LogP contribution in [0.5, 0.6) is 0 Å². The van der Waals surface area contributed by atoms with E-state index in [0.717, 1.165) is 24.3 Å². The highest BCUT2D eigenvalue weighted by Crippen LogP contribution is 2.24. The number of halogens is 1. The third kappa shape index (κ3) is 4.10. The van der Waals surface area contributed by atoms with E-state index in [1.807, 2.05) is 19.1 Å². The van der Waals surface area contributed by atoms with E-state index in [-0.39, 0.29) is 5.91 Å². The van der Waals surface area contributed by atoms with Crippen LogP contribution in [0.1, 0.15) is 48.7 Å². The van der Waals surface area contributed by atoms with Crippen molar-refractivity contribution in [3.05, 3.63) is 46.9 Å². The SMILES string of the molecule is CCC1CCCCN1c1cnc(C(=O)Nc2ccc(C)c(Cl)c2)cn1. The van der Waals surface area contributed by atoms with Crippen LogP contribution in [0.3, 0.4) is 0 Å². The second-order valence-electron chi connectivity index (χ2n) is 6.43. The number of carbonyl (C=O) groups is 1. The van der Waals surface area contributed by atoms with Gasteiger partial charge in [-0.05, 0) is 50.3 Å². The Labute approximate surface area is 153 Å². The van der Waals surface area contributed by atoms with Crippen molar-refractivity contribution in [2.45, 2.75) is 45.6 Å². The van der Waals surface area contributed by atoms with Crippen LogP contribution >= 0.6 is 11.6 Å². The summed E-state index contributed by atoms with van der Waals surface area (Å²) in [6.45, 7) is 5.12. The molecule has 1 amide bonds. The molecule has 2 heterocycles. The van der Waals surface area contributed by atoms with Crippen molar-refractivity contribution < 1.29 is 4.79 Å². The van der Waals surface area contributed by atoms with Crippen molar-refractivity contribution >= 4 is 29.0 Å². The first-order valence-corrected chi connectivity index (χ1v) is 9.12. The summed E-state index contributed by atoms with van der Waals surface area (Å²) in [5, 5.41) is 3.43. The van der Waals surface area contributed by atoms with Crippen LogP contribution in [0, 0.1) is 6.92 Å². The van der Waals surface area contributed by atoms with Gasteiger partial charge in [0.15, 0.2) is 0 Å². The lowest BCUT2D eigenvalue weighted by Crippen LogP contribution is -2.39. The minimum absolute atomic E-state index is 0.287. The lowest BCUT2D eigenvalue weighted by Gasteiger charge is -2.35. The minimum Gasteiger partial charge on any atom is -0.352 e. The molecule has 25 heavy (non-hydrogen) atoms. The van der Waals surface area contributed by atoms with Crippen LogP contribution in [-0.2, 0) is 0 Å². The molecule has 0 bridgehead atoms. The molecule has 1 aliphatic rings. The predicted molar refractivity (Wildman–Crippen MR) is 101 cm³/mol. The number of hydrogen-bond acceptors (Lipinski definition) is 4. The maximum absolute atomic E-state index is 12.3. The van der Waals surface area contributed by atoms with Gasteiger partial charge in [-0.1, -0.05) is 24.6 Å². The first kappa shape index (κ1) is 17.7. The average Bonchev–Trinajstić information content (AvgIpc) is 2.65. The fraction of sp³-hybridized carbons (Fsp3) is 0.421. The zero-order chi connectivity index (χ0) is 17.8. The summed E-state index contributed by atoms with van der Waals surface area (Å²) < 4.78 is 0. The number of aromatic nitrogens is 2. The molecule has 1 unspecified atom stereocenters. The number of benzene rings is 1. The summed E-state index contributed by atoms with van der Waals surface area (Å²) >= 11 is 6.09. The third-order valence-electron chi connectivity index (χ3n) is 4.69. The van der Waals surface area contributed by atoms with Crippen molar-refractivity contribution in [2.24, 2.45) is 0 Å². The maximum Gasteiger partial charge on any atom is 0.275 e. The monoisotopic (exact) mass is 358 g/mol. The number of piperidine rings is 1. The average molecular weight is 359 g/mol. The molecule has 1 aromatic carbocycles. The first-order chi connectivity index (χ1) is 12.1. The van der Waals surface area contributed by atoms with Gasteiger partial charge >= 0.3 is 0 Å². The second-order valence-corrected chi connectivity index (χ2v) is 6.84. The van der Waals surface area contributed by atoms with Crippen LogP contribution in [0.2, 0.25) is 5.02 Å². The number of rotatable bonds is 4. The fourth-order valence-corrected chi connectivity index (χ4v) is 3.36. The summed E-state index contributed by atoms with van der Waals surface area (Å²) in [5.41, 5.74) is 1.91. The highest BCUT2D eigenvalue weighted by atomic mass is 35.5. The van der Waals surface area contributed by atoms with E-state index in [1.165, 1.54) is 19.3 Å². The number of amides is 1. The smallest absolute Gasteiger partial charge is 0.275 e. The molecule has 1 N–H and O–H groups in total.